The van der Waals surface area contributed by atoms with E-state index >= 15 is 8.78 Å². The second-order valence-electron chi connectivity index (χ2n) is 13.3. The Hall–Kier alpha value is -4.87. The van der Waals surface area contributed by atoms with Crippen molar-refractivity contribution in [2.75, 3.05) is 25.6 Å². The zero-order valence-electron chi connectivity index (χ0n) is 28.7. The van der Waals surface area contributed by atoms with Crippen molar-refractivity contribution in [2.45, 2.75) is 64.6 Å². The Bertz CT molecular complexity index is 2140. The summed E-state index contributed by atoms with van der Waals surface area (Å²) in [7, 11) is 3.71. The molecular weight excluding hydrogens is 640 g/mol. The Labute approximate surface area is 289 Å². The van der Waals surface area contributed by atoms with Gasteiger partial charge in [-0.25, -0.2) is 13.8 Å². The summed E-state index contributed by atoms with van der Waals surface area (Å²) in [5, 5.41) is 6.34. The van der Waals surface area contributed by atoms with E-state index in [2.05, 4.69) is 16.7 Å². The van der Waals surface area contributed by atoms with Crippen LogP contribution in [-0.2, 0) is 23.1 Å². The molecule has 1 saturated carbocycles. The minimum Gasteiger partial charge on any atom is -0.491 e. The molecule has 11 heteroatoms. The molecule has 1 amide bonds. The second kappa shape index (κ2) is 13.8. The van der Waals surface area contributed by atoms with Crippen LogP contribution in [0.25, 0.3) is 33.1 Å². The molecule has 5 aromatic rings. The Morgan fingerprint density at radius 1 is 1.10 bits per heavy atom. The number of ether oxygens (including phenoxy) is 2. The average molecular weight is 682 g/mol. The van der Waals surface area contributed by atoms with Gasteiger partial charge < -0.3 is 29.2 Å². The SMILES string of the molecule is COC1CCC(NC/C=C/C(=O)Nc2c(F)cc(C(=O)c3cn4c5c(cccc35)-c3c(C)cc5c(nc(C)n5C)c3OCCC4)cc2F)CC1. The van der Waals surface area contributed by atoms with E-state index in [1.54, 1.807) is 19.4 Å². The van der Waals surface area contributed by atoms with Crippen molar-refractivity contribution in [1.29, 1.82) is 0 Å². The number of rotatable bonds is 8. The predicted octanol–water partition coefficient (Wildman–Crippen LogP) is 7.15. The van der Waals surface area contributed by atoms with E-state index in [0.29, 0.717) is 55.0 Å². The Balaban J connectivity index is 1.14. The third kappa shape index (κ3) is 6.20. The minimum atomic E-state index is -1.03. The molecule has 0 radical (unpaired) electrons. The van der Waals surface area contributed by atoms with Gasteiger partial charge in [0.15, 0.2) is 11.5 Å². The minimum absolute atomic E-state index is 0.150. The molecule has 1 aliphatic heterocycles. The summed E-state index contributed by atoms with van der Waals surface area (Å²) in [5.74, 6) is -1.67. The number of methoxy groups -OCH3 is 1. The van der Waals surface area contributed by atoms with Gasteiger partial charge >= 0.3 is 0 Å². The Morgan fingerprint density at radius 2 is 1.86 bits per heavy atom. The number of halogens is 2. The summed E-state index contributed by atoms with van der Waals surface area (Å²) in [6.07, 6.45) is 9.54. The Kier molecular flexibility index (Phi) is 9.28. The van der Waals surface area contributed by atoms with Gasteiger partial charge in [0.1, 0.15) is 28.7 Å². The summed E-state index contributed by atoms with van der Waals surface area (Å²) in [4.78, 5) is 31.3. The molecule has 0 unspecified atom stereocenters. The van der Waals surface area contributed by atoms with Gasteiger partial charge in [-0.1, -0.05) is 24.3 Å². The summed E-state index contributed by atoms with van der Waals surface area (Å²) in [5.41, 5.74) is 4.97. The fraction of sp³-hybridized carbons (Fsp3) is 0.359. The number of para-hydroxylation sites is 1. The van der Waals surface area contributed by atoms with E-state index in [1.165, 1.54) is 6.08 Å². The van der Waals surface area contributed by atoms with Crippen LogP contribution >= 0.6 is 0 Å². The molecular formula is C39H41F2N5O4. The molecule has 2 N–H and O–H groups in total. The van der Waals surface area contributed by atoms with Crippen LogP contribution in [0.5, 0.6) is 5.75 Å². The predicted molar refractivity (Wildman–Crippen MR) is 190 cm³/mol. The van der Waals surface area contributed by atoms with Gasteiger partial charge in [0, 0.05) is 73.2 Å². The molecule has 9 nitrogen and oxygen atoms in total. The highest BCUT2D eigenvalue weighted by molar-refractivity contribution is 6.18. The van der Waals surface area contributed by atoms with E-state index in [-0.39, 0.29) is 5.56 Å². The number of aromatic nitrogens is 3. The largest absolute Gasteiger partial charge is 0.491 e. The molecule has 1 aliphatic carbocycles. The molecule has 0 atom stereocenters. The van der Waals surface area contributed by atoms with E-state index in [1.807, 2.05) is 48.2 Å². The molecule has 260 valence electrons. The molecule has 50 heavy (non-hydrogen) atoms. The van der Waals surface area contributed by atoms with Crippen molar-refractivity contribution in [3.8, 4) is 16.9 Å². The number of hydrogen-bond donors (Lipinski definition) is 2. The van der Waals surface area contributed by atoms with Crippen LogP contribution in [0, 0.1) is 25.5 Å². The maximum absolute atomic E-state index is 15.3. The normalized spacial score (nSPS) is 17.7. The number of carbonyl (C=O) groups excluding carboxylic acids is 2. The van der Waals surface area contributed by atoms with Crippen LogP contribution in [0.4, 0.5) is 14.5 Å². The summed E-state index contributed by atoms with van der Waals surface area (Å²) in [6.45, 7) is 5.47. The number of carbonyl (C=O) groups is 2. The van der Waals surface area contributed by atoms with Gasteiger partial charge in [-0.15, -0.1) is 0 Å². The van der Waals surface area contributed by atoms with Crippen LogP contribution in [0.1, 0.15) is 59.4 Å². The number of nitrogens with one attached hydrogen (secondary N) is 2. The number of amides is 1. The van der Waals surface area contributed by atoms with Crippen LogP contribution < -0.4 is 15.4 Å². The molecule has 2 aliphatic rings. The first-order valence-electron chi connectivity index (χ1n) is 17.1. The van der Waals surface area contributed by atoms with Gasteiger partial charge in [0.05, 0.1) is 23.7 Å². The van der Waals surface area contributed by atoms with Crippen molar-refractivity contribution < 1.29 is 27.8 Å². The van der Waals surface area contributed by atoms with Crippen LogP contribution in [-0.4, -0.2) is 58.2 Å². The molecule has 3 heterocycles. The molecule has 0 spiro atoms. The highest BCUT2D eigenvalue weighted by Crippen LogP contribution is 2.44. The van der Waals surface area contributed by atoms with Crippen molar-refractivity contribution in [3.63, 3.8) is 0 Å². The molecule has 3 aromatic carbocycles. The lowest BCUT2D eigenvalue weighted by molar-refractivity contribution is -0.112. The maximum Gasteiger partial charge on any atom is 0.248 e. The summed E-state index contributed by atoms with van der Waals surface area (Å²) >= 11 is 0. The number of hydrogen-bond acceptors (Lipinski definition) is 6. The van der Waals surface area contributed by atoms with E-state index in [0.717, 1.165) is 76.9 Å². The zero-order chi connectivity index (χ0) is 35.1. The number of anilines is 1. The van der Waals surface area contributed by atoms with Crippen molar-refractivity contribution in [2.24, 2.45) is 7.05 Å². The van der Waals surface area contributed by atoms with E-state index in [4.69, 9.17) is 14.5 Å². The first-order valence-corrected chi connectivity index (χ1v) is 17.1. The van der Waals surface area contributed by atoms with Gasteiger partial charge in [0.2, 0.25) is 5.91 Å². The summed E-state index contributed by atoms with van der Waals surface area (Å²) < 4.78 is 46.5. The van der Waals surface area contributed by atoms with Gasteiger partial charge in [-0.3, -0.25) is 9.59 Å². The van der Waals surface area contributed by atoms with E-state index in [9.17, 15) is 9.59 Å². The number of ketones is 1. The monoisotopic (exact) mass is 681 g/mol. The highest BCUT2D eigenvalue weighted by Gasteiger charge is 2.27. The number of fused-ring (bicyclic) bond motifs is 4. The van der Waals surface area contributed by atoms with Gasteiger partial charge in [-0.2, -0.15) is 0 Å². The summed E-state index contributed by atoms with van der Waals surface area (Å²) in [6, 6.07) is 10.1. The highest BCUT2D eigenvalue weighted by atomic mass is 19.1. The fourth-order valence-electron chi connectivity index (χ4n) is 7.39. The zero-order valence-corrected chi connectivity index (χ0v) is 28.7. The molecule has 2 aromatic heterocycles. The standard InChI is InChI=1S/C39H41F2N5O4/c1-22-18-32-36(43-23(2)45(32)3)39-34(22)28-9-5-8-27-29(21-46(37(27)28)16-7-17-50-39)38(48)24-19-30(40)35(31(41)20-24)44-33(47)10-6-15-42-25-11-13-26(49-4)14-12-25/h5-6,8-10,18-21,25-26,42H,7,11-17H2,1-4H3,(H,44,47)/b10-6+. The smallest absolute Gasteiger partial charge is 0.248 e. The number of imidazole rings is 1. The van der Waals surface area contributed by atoms with Crippen molar-refractivity contribution >= 4 is 39.3 Å². The third-order valence-corrected chi connectivity index (χ3v) is 10.1. The number of aryl methyl sites for hydroxylation is 4. The van der Waals surface area contributed by atoms with E-state index < -0.39 is 29.0 Å². The number of nitrogens with zero attached hydrogens (tertiary/aromatic N) is 3. The second-order valence-corrected chi connectivity index (χ2v) is 13.3. The fourth-order valence-corrected chi connectivity index (χ4v) is 7.39. The molecule has 0 bridgehead atoms. The molecule has 0 saturated heterocycles. The lowest BCUT2D eigenvalue weighted by Gasteiger charge is -2.27. The third-order valence-electron chi connectivity index (χ3n) is 10.1. The topological polar surface area (TPSA) is 99.4 Å². The average Bonchev–Trinajstić information content (AvgIpc) is 3.64. The lowest BCUT2D eigenvalue weighted by Crippen LogP contribution is -2.35. The quantitative estimate of drug-likeness (QED) is 0.133. The van der Waals surface area contributed by atoms with Crippen LogP contribution in [0.15, 0.2) is 54.7 Å². The van der Waals surface area contributed by atoms with Crippen molar-refractivity contribution in [1.82, 2.24) is 19.4 Å². The Morgan fingerprint density at radius 3 is 2.60 bits per heavy atom. The number of benzene rings is 3. The van der Waals surface area contributed by atoms with Crippen LogP contribution in [0.2, 0.25) is 0 Å². The first kappa shape index (κ1) is 33.6. The first-order chi connectivity index (χ1) is 24.1. The molecule has 7 rings (SSSR count). The lowest BCUT2D eigenvalue weighted by atomic mass is 9.93. The van der Waals surface area contributed by atoms with Gasteiger partial charge in [-0.05, 0) is 69.7 Å². The van der Waals surface area contributed by atoms with Crippen LogP contribution in [0.3, 0.4) is 0 Å². The van der Waals surface area contributed by atoms with Crippen molar-refractivity contribution in [3.05, 3.63) is 88.9 Å². The van der Waals surface area contributed by atoms with Gasteiger partial charge in [0.25, 0.3) is 0 Å². The molecule has 1 fully saturated rings. The maximum atomic E-state index is 15.3.